The summed E-state index contributed by atoms with van der Waals surface area (Å²) in [5, 5.41) is 2.97. The molecule has 4 rings (SSSR count). The molecule has 2 aromatic rings. The van der Waals surface area contributed by atoms with Gasteiger partial charge in [-0.2, -0.15) is 0 Å². The van der Waals surface area contributed by atoms with Gasteiger partial charge in [0.25, 0.3) is 5.91 Å². The molecule has 174 valence electrons. The van der Waals surface area contributed by atoms with Gasteiger partial charge < -0.3 is 19.9 Å². The molecule has 1 unspecified atom stereocenters. The average Bonchev–Trinajstić information content (AvgIpc) is 3.43. The first-order valence-corrected chi connectivity index (χ1v) is 11.5. The lowest BCUT2D eigenvalue weighted by Gasteiger charge is -2.35. The average molecular weight is 450 g/mol. The third kappa shape index (κ3) is 4.58. The number of rotatable bonds is 7. The highest BCUT2D eigenvalue weighted by Crippen LogP contribution is 2.30. The van der Waals surface area contributed by atoms with E-state index in [2.05, 4.69) is 5.32 Å². The van der Waals surface area contributed by atoms with Gasteiger partial charge in [-0.25, -0.2) is 0 Å². The Kier molecular flexibility index (Phi) is 6.67. The van der Waals surface area contributed by atoms with Crippen LogP contribution in [0.5, 0.6) is 5.75 Å². The molecule has 2 atom stereocenters. The second-order valence-corrected chi connectivity index (χ2v) is 9.03. The van der Waals surface area contributed by atoms with Crippen molar-refractivity contribution >= 4 is 17.7 Å². The van der Waals surface area contributed by atoms with E-state index in [1.807, 2.05) is 62.4 Å². The minimum absolute atomic E-state index is 0.0700. The second-order valence-electron chi connectivity index (χ2n) is 9.03. The van der Waals surface area contributed by atoms with Gasteiger partial charge in [0.15, 0.2) is 0 Å². The molecule has 2 aliphatic rings. The Hall–Kier alpha value is -3.35. The van der Waals surface area contributed by atoms with Crippen LogP contribution in [0.15, 0.2) is 48.5 Å². The maximum atomic E-state index is 13.7. The number of likely N-dealkylation sites (tertiary alicyclic amines) is 1. The Balaban J connectivity index is 1.45. The molecule has 0 bridgehead atoms. The number of carbonyl (C=O) groups excluding carboxylic acids is 3. The van der Waals surface area contributed by atoms with E-state index < -0.39 is 12.1 Å². The van der Waals surface area contributed by atoms with Crippen LogP contribution in [0.3, 0.4) is 0 Å². The van der Waals surface area contributed by atoms with Crippen LogP contribution in [0.1, 0.15) is 48.2 Å². The number of benzene rings is 2. The maximum Gasteiger partial charge on any atom is 0.255 e. The molecule has 1 fully saturated rings. The van der Waals surface area contributed by atoms with E-state index in [1.165, 1.54) is 0 Å². The first-order chi connectivity index (χ1) is 15.9. The highest BCUT2D eigenvalue weighted by Gasteiger charge is 2.43. The highest BCUT2D eigenvalue weighted by atomic mass is 16.5. The fraction of sp³-hybridized carbons (Fsp3) is 0.423. The minimum Gasteiger partial charge on any atom is -0.497 e. The lowest BCUT2D eigenvalue weighted by atomic mass is 10.0. The number of ether oxygens (including phenoxy) is 1. The van der Waals surface area contributed by atoms with Crippen molar-refractivity contribution in [3.63, 3.8) is 0 Å². The number of fused-ring (bicyclic) bond motifs is 1. The van der Waals surface area contributed by atoms with E-state index in [0.717, 1.165) is 23.3 Å². The normalized spacial score (nSPS) is 18.4. The molecule has 0 saturated carbocycles. The topological polar surface area (TPSA) is 79.0 Å². The summed E-state index contributed by atoms with van der Waals surface area (Å²) in [5.41, 5.74) is 2.56. The summed E-state index contributed by atoms with van der Waals surface area (Å²) in [5.74, 6) is 0.274. The predicted octanol–water partition coefficient (Wildman–Crippen LogP) is 2.98. The Morgan fingerprint density at radius 3 is 2.52 bits per heavy atom. The molecule has 1 saturated heterocycles. The second kappa shape index (κ2) is 9.65. The monoisotopic (exact) mass is 449 g/mol. The van der Waals surface area contributed by atoms with Crippen LogP contribution in [-0.4, -0.2) is 53.3 Å². The van der Waals surface area contributed by atoms with Crippen molar-refractivity contribution in [1.29, 1.82) is 0 Å². The highest BCUT2D eigenvalue weighted by molar-refractivity contribution is 6.01. The van der Waals surface area contributed by atoms with Gasteiger partial charge in [0, 0.05) is 25.2 Å². The van der Waals surface area contributed by atoms with E-state index in [4.69, 9.17) is 4.74 Å². The lowest BCUT2D eigenvalue weighted by molar-refractivity contribution is -0.143. The van der Waals surface area contributed by atoms with E-state index in [0.29, 0.717) is 31.6 Å². The molecule has 7 heteroatoms. The Morgan fingerprint density at radius 2 is 1.85 bits per heavy atom. The lowest BCUT2D eigenvalue weighted by Crippen LogP contribution is -2.55. The van der Waals surface area contributed by atoms with E-state index in [1.54, 1.807) is 16.9 Å². The standard InChI is InChI=1S/C26H31N3O4/c1-17(2)23(29-16-19-7-4-5-8-21(19)25(29)31)26(32)28-14-6-9-22(28)24(30)27-15-18-10-12-20(33-3)13-11-18/h4-5,7-8,10-13,17,22-23H,6,9,14-16H2,1-3H3,(H,27,30)/t22-,23?/m0/s1. The van der Waals surface area contributed by atoms with Gasteiger partial charge in [-0.3, -0.25) is 14.4 Å². The summed E-state index contributed by atoms with van der Waals surface area (Å²) in [6.07, 6.45) is 1.39. The van der Waals surface area contributed by atoms with Crippen molar-refractivity contribution in [2.24, 2.45) is 5.92 Å². The Bertz CT molecular complexity index is 1030. The first kappa shape index (κ1) is 22.8. The predicted molar refractivity (Wildman–Crippen MR) is 125 cm³/mol. The van der Waals surface area contributed by atoms with Crippen LogP contribution in [0.25, 0.3) is 0 Å². The zero-order chi connectivity index (χ0) is 23.5. The molecule has 1 N–H and O–H groups in total. The number of amides is 3. The van der Waals surface area contributed by atoms with Crippen molar-refractivity contribution in [2.75, 3.05) is 13.7 Å². The largest absolute Gasteiger partial charge is 0.497 e. The fourth-order valence-corrected chi connectivity index (χ4v) is 4.80. The number of nitrogens with zero attached hydrogens (tertiary/aromatic N) is 2. The summed E-state index contributed by atoms with van der Waals surface area (Å²) in [7, 11) is 1.61. The zero-order valence-corrected chi connectivity index (χ0v) is 19.4. The van der Waals surface area contributed by atoms with Gasteiger partial charge in [-0.05, 0) is 48.1 Å². The van der Waals surface area contributed by atoms with Crippen molar-refractivity contribution in [3.8, 4) is 5.75 Å². The van der Waals surface area contributed by atoms with Crippen molar-refractivity contribution in [1.82, 2.24) is 15.1 Å². The SMILES string of the molecule is COc1ccc(CNC(=O)[C@@H]2CCCN2C(=O)C(C(C)C)N2Cc3ccccc3C2=O)cc1. The van der Waals surface area contributed by atoms with Crippen LogP contribution in [0, 0.1) is 5.92 Å². The summed E-state index contributed by atoms with van der Waals surface area (Å²) < 4.78 is 5.17. The Labute approximate surface area is 194 Å². The van der Waals surface area contributed by atoms with Crippen LogP contribution in [0.4, 0.5) is 0 Å². The minimum atomic E-state index is -0.597. The molecule has 0 spiro atoms. The van der Waals surface area contributed by atoms with Crippen LogP contribution in [-0.2, 0) is 22.7 Å². The van der Waals surface area contributed by atoms with Gasteiger partial charge in [-0.15, -0.1) is 0 Å². The maximum absolute atomic E-state index is 13.7. The van der Waals surface area contributed by atoms with Gasteiger partial charge in [-0.1, -0.05) is 44.2 Å². The molecule has 33 heavy (non-hydrogen) atoms. The molecular weight excluding hydrogens is 418 g/mol. The third-order valence-electron chi connectivity index (χ3n) is 6.53. The summed E-state index contributed by atoms with van der Waals surface area (Å²) in [4.78, 5) is 43.1. The van der Waals surface area contributed by atoms with Crippen LogP contribution in [0.2, 0.25) is 0 Å². The van der Waals surface area contributed by atoms with Gasteiger partial charge in [0.1, 0.15) is 17.8 Å². The smallest absolute Gasteiger partial charge is 0.255 e. The van der Waals surface area contributed by atoms with Crippen LogP contribution >= 0.6 is 0 Å². The molecule has 0 aliphatic carbocycles. The zero-order valence-electron chi connectivity index (χ0n) is 19.4. The molecule has 3 amide bonds. The molecule has 2 heterocycles. The van der Waals surface area contributed by atoms with E-state index in [9.17, 15) is 14.4 Å². The van der Waals surface area contributed by atoms with E-state index >= 15 is 0 Å². The van der Waals surface area contributed by atoms with Crippen molar-refractivity contribution in [2.45, 2.75) is 51.9 Å². The molecule has 0 radical (unpaired) electrons. The summed E-state index contributed by atoms with van der Waals surface area (Å²) in [6.45, 7) is 5.24. The van der Waals surface area contributed by atoms with Gasteiger partial charge in [0.2, 0.25) is 11.8 Å². The van der Waals surface area contributed by atoms with Gasteiger partial charge >= 0.3 is 0 Å². The first-order valence-electron chi connectivity index (χ1n) is 11.5. The third-order valence-corrected chi connectivity index (χ3v) is 6.53. The number of hydrogen-bond acceptors (Lipinski definition) is 4. The van der Waals surface area contributed by atoms with Crippen molar-refractivity contribution in [3.05, 3.63) is 65.2 Å². The van der Waals surface area contributed by atoms with Gasteiger partial charge in [0.05, 0.1) is 7.11 Å². The molecule has 2 aliphatic heterocycles. The fourth-order valence-electron chi connectivity index (χ4n) is 4.80. The molecular formula is C26H31N3O4. The van der Waals surface area contributed by atoms with Crippen molar-refractivity contribution < 1.29 is 19.1 Å². The number of carbonyl (C=O) groups is 3. The Morgan fingerprint density at radius 1 is 1.12 bits per heavy atom. The number of methoxy groups -OCH3 is 1. The summed E-state index contributed by atoms with van der Waals surface area (Å²) in [6, 6.07) is 13.9. The van der Waals surface area contributed by atoms with Crippen LogP contribution < -0.4 is 10.1 Å². The number of nitrogens with one attached hydrogen (secondary N) is 1. The molecule has 0 aromatic heterocycles. The molecule has 2 aromatic carbocycles. The number of hydrogen-bond donors (Lipinski definition) is 1. The quantitative estimate of drug-likeness (QED) is 0.705. The summed E-state index contributed by atoms with van der Waals surface area (Å²) >= 11 is 0. The van der Waals surface area contributed by atoms with E-state index in [-0.39, 0.29) is 23.6 Å². The molecule has 7 nitrogen and oxygen atoms in total.